The number of amides is 1. The van der Waals surface area contributed by atoms with Crippen molar-refractivity contribution < 1.29 is 9.53 Å². The van der Waals surface area contributed by atoms with E-state index < -0.39 is 0 Å². The fourth-order valence-corrected chi connectivity index (χ4v) is 4.03. The quantitative estimate of drug-likeness (QED) is 0.776. The van der Waals surface area contributed by atoms with Crippen molar-refractivity contribution in [1.82, 2.24) is 15.3 Å². The monoisotopic (exact) mass is 396 g/mol. The fourth-order valence-electron chi connectivity index (χ4n) is 4.03. The predicted octanol–water partition coefficient (Wildman–Crippen LogP) is 3.46. The number of rotatable bonds is 7. The van der Waals surface area contributed by atoms with E-state index in [1.165, 1.54) is 0 Å². The summed E-state index contributed by atoms with van der Waals surface area (Å²) >= 11 is 0. The van der Waals surface area contributed by atoms with E-state index in [9.17, 15) is 4.79 Å². The van der Waals surface area contributed by atoms with Crippen molar-refractivity contribution in [3.63, 3.8) is 0 Å². The second-order valence-electron chi connectivity index (χ2n) is 8.07. The lowest BCUT2D eigenvalue weighted by atomic mass is 9.93. The van der Waals surface area contributed by atoms with E-state index in [1.54, 1.807) is 7.11 Å². The van der Waals surface area contributed by atoms with Gasteiger partial charge in [-0.05, 0) is 63.6 Å². The van der Waals surface area contributed by atoms with Crippen molar-refractivity contribution in [2.45, 2.75) is 52.5 Å². The third kappa shape index (κ3) is 5.92. The van der Waals surface area contributed by atoms with Gasteiger partial charge in [-0.25, -0.2) is 9.97 Å². The zero-order valence-electron chi connectivity index (χ0n) is 17.9. The van der Waals surface area contributed by atoms with E-state index in [1.807, 2.05) is 51.1 Å². The lowest BCUT2D eigenvalue weighted by Crippen LogP contribution is -2.39. The van der Waals surface area contributed by atoms with Gasteiger partial charge < -0.3 is 15.0 Å². The lowest BCUT2D eigenvalue weighted by molar-refractivity contribution is -0.122. The Bertz CT molecular complexity index is 811. The summed E-state index contributed by atoms with van der Waals surface area (Å²) in [7, 11) is 1.68. The van der Waals surface area contributed by atoms with Gasteiger partial charge in [-0.15, -0.1) is 0 Å². The van der Waals surface area contributed by atoms with Crippen molar-refractivity contribution in [1.29, 1.82) is 0 Å². The summed E-state index contributed by atoms with van der Waals surface area (Å²) in [6.07, 6.45) is 3.32. The van der Waals surface area contributed by atoms with Gasteiger partial charge in [0.2, 0.25) is 11.9 Å². The molecule has 1 saturated heterocycles. The molecular formula is C23H32N4O2. The summed E-state index contributed by atoms with van der Waals surface area (Å²) in [6.45, 7) is 7.85. The summed E-state index contributed by atoms with van der Waals surface area (Å²) < 4.78 is 5.41. The zero-order valence-corrected chi connectivity index (χ0v) is 17.9. The molecular weight excluding hydrogens is 364 g/mol. The SMILES string of the molecule is COc1ccccc1C[C@H](C)NC(=O)CC1CCN(c2nc(C)cc(C)n2)CC1. The molecule has 1 aromatic heterocycles. The maximum Gasteiger partial charge on any atom is 0.225 e. The number of ether oxygens (including phenoxy) is 1. The number of hydrogen-bond donors (Lipinski definition) is 1. The van der Waals surface area contributed by atoms with Crippen LogP contribution in [-0.4, -0.2) is 42.1 Å². The highest BCUT2D eigenvalue weighted by molar-refractivity contribution is 5.76. The van der Waals surface area contributed by atoms with Gasteiger partial charge in [0.1, 0.15) is 5.75 Å². The van der Waals surface area contributed by atoms with Gasteiger partial charge in [0.15, 0.2) is 0 Å². The first-order valence-corrected chi connectivity index (χ1v) is 10.4. The van der Waals surface area contributed by atoms with E-state index in [4.69, 9.17) is 4.74 Å². The van der Waals surface area contributed by atoms with Crippen molar-refractivity contribution in [2.24, 2.45) is 5.92 Å². The first kappa shape index (κ1) is 21.1. The number of piperidine rings is 1. The van der Waals surface area contributed by atoms with Crippen molar-refractivity contribution in [3.8, 4) is 5.75 Å². The second-order valence-corrected chi connectivity index (χ2v) is 8.07. The molecule has 1 atom stereocenters. The lowest BCUT2D eigenvalue weighted by Gasteiger charge is -2.32. The first-order chi connectivity index (χ1) is 13.9. The van der Waals surface area contributed by atoms with Crippen LogP contribution in [0.1, 0.15) is 43.1 Å². The van der Waals surface area contributed by atoms with E-state index in [0.29, 0.717) is 12.3 Å². The third-order valence-electron chi connectivity index (χ3n) is 5.47. The molecule has 0 unspecified atom stereocenters. The molecule has 1 N–H and O–H groups in total. The molecule has 2 aromatic rings. The second kappa shape index (κ2) is 9.72. The average Bonchev–Trinajstić information content (AvgIpc) is 2.68. The minimum atomic E-state index is 0.0718. The van der Waals surface area contributed by atoms with Crippen LogP contribution in [-0.2, 0) is 11.2 Å². The summed E-state index contributed by atoms with van der Waals surface area (Å²) in [4.78, 5) is 23.9. The van der Waals surface area contributed by atoms with Crippen molar-refractivity contribution in [3.05, 3.63) is 47.3 Å². The summed E-state index contributed by atoms with van der Waals surface area (Å²) in [5.41, 5.74) is 3.11. The minimum absolute atomic E-state index is 0.0718. The number of carbonyl (C=O) groups is 1. The molecule has 1 aliphatic rings. The molecule has 1 amide bonds. The Kier molecular flexibility index (Phi) is 7.07. The maximum atomic E-state index is 12.5. The maximum absolute atomic E-state index is 12.5. The molecule has 3 rings (SSSR count). The van der Waals surface area contributed by atoms with Gasteiger partial charge in [0, 0.05) is 36.9 Å². The summed E-state index contributed by atoms with van der Waals surface area (Å²) in [5.74, 6) is 2.23. The van der Waals surface area contributed by atoms with Crippen LogP contribution < -0.4 is 15.0 Å². The van der Waals surface area contributed by atoms with E-state index in [2.05, 4.69) is 20.2 Å². The Labute approximate surface area is 173 Å². The van der Waals surface area contributed by atoms with Crippen LogP contribution in [0.2, 0.25) is 0 Å². The highest BCUT2D eigenvalue weighted by atomic mass is 16.5. The molecule has 1 aliphatic heterocycles. The van der Waals surface area contributed by atoms with Gasteiger partial charge in [-0.2, -0.15) is 0 Å². The van der Waals surface area contributed by atoms with Crippen LogP contribution in [0.15, 0.2) is 30.3 Å². The minimum Gasteiger partial charge on any atom is -0.496 e. The number of nitrogens with zero attached hydrogens (tertiary/aromatic N) is 3. The predicted molar refractivity (Wildman–Crippen MR) is 115 cm³/mol. The van der Waals surface area contributed by atoms with Gasteiger partial charge in [0.25, 0.3) is 0 Å². The smallest absolute Gasteiger partial charge is 0.225 e. The molecule has 1 fully saturated rings. The van der Waals surface area contributed by atoms with Crippen LogP contribution in [0, 0.1) is 19.8 Å². The number of hydrogen-bond acceptors (Lipinski definition) is 5. The van der Waals surface area contributed by atoms with Crippen molar-refractivity contribution >= 4 is 11.9 Å². The third-order valence-corrected chi connectivity index (χ3v) is 5.47. The van der Waals surface area contributed by atoms with E-state index in [-0.39, 0.29) is 11.9 Å². The van der Waals surface area contributed by atoms with Crippen LogP contribution in [0.4, 0.5) is 5.95 Å². The number of para-hydroxylation sites is 1. The molecule has 156 valence electrons. The normalized spacial score (nSPS) is 15.8. The van der Waals surface area contributed by atoms with Gasteiger partial charge in [0.05, 0.1) is 7.11 Å². The van der Waals surface area contributed by atoms with Gasteiger partial charge >= 0.3 is 0 Å². The highest BCUT2D eigenvalue weighted by Gasteiger charge is 2.24. The van der Waals surface area contributed by atoms with Crippen LogP contribution in [0.5, 0.6) is 5.75 Å². The molecule has 2 heterocycles. The van der Waals surface area contributed by atoms with Crippen molar-refractivity contribution in [2.75, 3.05) is 25.1 Å². The van der Waals surface area contributed by atoms with Gasteiger partial charge in [-0.3, -0.25) is 4.79 Å². The van der Waals surface area contributed by atoms with Crippen LogP contribution >= 0.6 is 0 Å². The number of aryl methyl sites for hydroxylation is 2. The molecule has 0 bridgehead atoms. The molecule has 0 saturated carbocycles. The molecule has 1 aromatic carbocycles. The molecule has 0 spiro atoms. The first-order valence-electron chi connectivity index (χ1n) is 10.4. The largest absolute Gasteiger partial charge is 0.496 e. The standard InChI is InChI=1S/C23H32N4O2/c1-16-13-17(2)26-23(25-16)27-11-9-19(10-12-27)15-22(28)24-18(3)14-20-7-5-6-8-21(20)29-4/h5-8,13,18-19H,9-12,14-15H2,1-4H3,(H,24,28)/t18-/m0/s1. The summed E-state index contributed by atoms with van der Waals surface area (Å²) in [6, 6.07) is 10.0. The summed E-state index contributed by atoms with van der Waals surface area (Å²) in [5, 5.41) is 3.15. The number of benzene rings is 1. The Morgan fingerprint density at radius 2 is 1.86 bits per heavy atom. The number of carbonyl (C=O) groups excluding carboxylic acids is 1. The Hall–Kier alpha value is -2.63. The zero-order chi connectivity index (χ0) is 20.8. The van der Waals surface area contributed by atoms with Crippen LogP contribution in [0.25, 0.3) is 0 Å². The average molecular weight is 397 g/mol. The molecule has 6 heteroatoms. The number of nitrogens with one attached hydrogen (secondary N) is 1. The Morgan fingerprint density at radius 1 is 1.21 bits per heavy atom. The molecule has 0 radical (unpaired) electrons. The fraction of sp³-hybridized carbons (Fsp3) is 0.522. The highest BCUT2D eigenvalue weighted by Crippen LogP contribution is 2.24. The number of anilines is 1. The molecule has 6 nitrogen and oxygen atoms in total. The molecule has 29 heavy (non-hydrogen) atoms. The van der Waals surface area contributed by atoms with E-state index in [0.717, 1.165) is 61.0 Å². The number of aromatic nitrogens is 2. The Balaban J connectivity index is 1.45. The number of methoxy groups -OCH3 is 1. The van der Waals surface area contributed by atoms with Crippen LogP contribution in [0.3, 0.4) is 0 Å². The van der Waals surface area contributed by atoms with Gasteiger partial charge in [-0.1, -0.05) is 18.2 Å². The Morgan fingerprint density at radius 3 is 2.52 bits per heavy atom. The molecule has 0 aliphatic carbocycles. The van der Waals surface area contributed by atoms with E-state index >= 15 is 0 Å². The topological polar surface area (TPSA) is 67.3 Å².